The maximum Gasteiger partial charge on any atom is 0.256 e. The summed E-state index contributed by atoms with van der Waals surface area (Å²) in [4.78, 5) is 28.1. The van der Waals surface area contributed by atoms with Crippen LogP contribution in [0.3, 0.4) is 0 Å². The van der Waals surface area contributed by atoms with Crippen LogP contribution in [0.4, 0.5) is 0 Å². The van der Waals surface area contributed by atoms with Crippen molar-refractivity contribution in [2.75, 3.05) is 6.61 Å². The molecule has 148 valence electrons. The summed E-state index contributed by atoms with van der Waals surface area (Å²) in [6.45, 7) is 6.40. The summed E-state index contributed by atoms with van der Waals surface area (Å²) in [6, 6.07) is 7.26. The van der Waals surface area contributed by atoms with Gasteiger partial charge in [0, 0.05) is 11.6 Å². The van der Waals surface area contributed by atoms with Gasteiger partial charge in [0.25, 0.3) is 5.91 Å². The largest absolute Gasteiger partial charge is 0.353 e. The number of carbonyl (C=O) groups excluding carboxylic acids is 2. The van der Waals surface area contributed by atoms with Crippen LogP contribution in [-0.2, 0) is 16.0 Å². The lowest BCUT2D eigenvalue weighted by atomic mass is 9.89. The molecule has 1 aromatic rings. The Morgan fingerprint density at radius 3 is 2.44 bits per heavy atom. The number of amides is 2. The van der Waals surface area contributed by atoms with E-state index in [0.717, 1.165) is 44.9 Å². The Morgan fingerprint density at radius 2 is 1.85 bits per heavy atom. The van der Waals surface area contributed by atoms with Crippen LogP contribution in [0.5, 0.6) is 0 Å². The predicted molar refractivity (Wildman–Crippen MR) is 105 cm³/mol. The van der Waals surface area contributed by atoms with Crippen LogP contribution >= 0.6 is 0 Å². The van der Waals surface area contributed by atoms with Crippen molar-refractivity contribution in [2.24, 2.45) is 0 Å². The monoisotopic (exact) mass is 372 g/mol. The molecule has 0 unspecified atom stereocenters. The first kappa shape index (κ1) is 19.9. The number of hydrogen-bond donors (Lipinski definition) is 1. The molecule has 2 atom stereocenters. The predicted octanol–water partition coefficient (Wildman–Crippen LogP) is 3.67. The molecular formula is C22H32N2O3. The Hall–Kier alpha value is -1.88. The molecule has 27 heavy (non-hydrogen) atoms. The van der Waals surface area contributed by atoms with E-state index in [9.17, 15) is 9.59 Å². The molecule has 2 aliphatic rings. The first-order valence-corrected chi connectivity index (χ1v) is 10.4. The van der Waals surface area contributed by atoms with Gasteiger partial charge in [0.1, 0.15) is 11.8 Å². The quantitative estimate of drug-likeness (QED) is 0.858. The van der Waals surface area contributed by atoms with Crippen LogP contribution < -0.4 is 5.32 Å². The van der Waals surface area contributed by atoms with Gasteiger partial charge in [-0.1, -0.05) is 32.4 Å². The van der Waals surface area contributed by atoms with Gasteiger partial charge in [-0.05, 0) is 63.1 Å². The van der Waals surface area contributed by atoms with Crippen molar-refractivity contribution >= 4 is 11.8 Å². The maximum absolute atomic E-state index is 13.5. The summed E-state index contributed by atoms with van der Waals surface area (Å²) in [6.07, 6.45) is 6.61. The third-order valence-electron chi connectivity index (χ3n) is 6.03. The fourth-order valence-corrected chi connectivity index (χ4v) is 4.13. The minimum absolute atomic E-state index is 0.0844. The zero-order valence-corrected chi connectivity index (χ0v) is 16.8. The van der Waals surface area contributed by atoms with Gasteiger partial charge in [0.05, 0.1) is 6.61 Å². The van der Waals surface area contributed by atoms with Gasteiger partial charge < -0.3 is 10.1 Å². The lowest BCUT2D eigenvalue weighted by Gasteiger charge is -2.41. The van der Waals surface area contributed by atoms with Crippen molar-refractivity contribution < 1.29 is 14.3 Å². The molecule has 1 aliphatic heterocycles. The molecule has 2 fully saturated rings. The molecule has 3 rings (SSSR count). The van der Waals surface area contributed by atoms with E-state index in [1.165, 1.54) is 5.56 Å². The summed E-state index contributed by atoms with van der Waals surface area (Å²) in [5.41, 5.74) is 1.20. The SMILES string of the molecule is CCc1ccc(C(=O)N2[C@H](C(=O)N[C@H](C)CC)COC23CCCCC3)cc1. The zero-order chi connectivity index (χ0) is 19.4. The molecule has 0 bridgehead atoms. The molecule has 2 amide bonds. The van der Waals surface area contributed by atoms with Crippen molar-refractivity contribution in [3.63, 3.8) is 0 Å². The first-order chi connectivity index (χ1) is 13.0. The molecule has 1 aliphatic carbocycles. The zero-order valence-electron chi connectivity index (χ0n) is 16.8. The topological polar surface area (TPSA) is 58.6 Å². The Labute approximate surface area is 162 Å². The maximum atomic E-state index is 13.5. The van der Waals surface area contributed by atoms with E-state index in [1.54, 1.807) is 4.90 Å². The van der Waals surface area contributed by atoms with E-state index < -0.39 is 11.8 Å². The Balaban J connectivity index is 1.89. The lowest BCUT2D eigenvalue weighted by molar-refractivity contribution is -0.127. The molecule has 1 saturated carbocycles. The van der Waals surface area contributed by atoms with Crippen LogP contribution in [0, 0.1) is 0 Å². The number of hydrogen-bond acceptors (Lipinski definition) is 3. The van der Waals surface area contributed by atoms with Crippen LogP contribution in [0.1, 0.15) is 75.2 Å². The Morgan fingerprint density at radius 1 is 1.19 bits per heavy atom. The van der Waals surface area contributed by atoms with Crippen molar-refractivity contribution in [3.8, 4) is 0 Å². The highest BCUT2D eigenvalue weighted by molar-refractivity contribution is 5.98. The summed E-state index contributed by atoms with van der Waals surface area (Å²) >= 11 is 0. The van der Waals surface area contributed by atoms with Crippen LogP contribution in [0.2, 0.25) is 0 Å². The van der Waals surface area contributed by atoms with E-state index in [0.29, 0.717) is 5.56 Å². The van der Waals surface area contributed by atoms with Gasteiger partial charge >= 0.3 is 0 Å². The van der Waals surface area contributed by atoms with Gasteiger partial charge in [-0.25, -0.2) is 0 Å². The standard InChI is InChI=1S/C22H32N2O3/c1-4-16(3)23-20(25)19-15-27-22(13-7-6-8-14-22)24(19)21(26)18-11-9-17(5-2)10-12-18/h9-12,16,19H,4-8,13-15H2,1-3H3,(H,23,25)/t16-,19+/m1/s1. The molecule has 5 nitrogen and oxygen atoms in total. The Bertz CT molecular complexity index is 665. The molecule has 1 saturated heterocycles. The second kappa shape index (κ2) is 8.42. The average molecular weight is 373 g/mol. The van der Waals surface area contributed by atoms with Crippen molar-refractivity contribution in [2.45, 2.75) is 83.5 Å². The number of nitrogens with zero attached hydrogens (tertiary/aromatic N) is 1. The fourth-order valence-electron chi connectivity index (χ4n) is 4.13. The molecule has 1 heterocycles. The van der Waals surface area contributed by atoms with E-state index >= 15 is 0 Å². The van der Waals surface area contributed by atoms with Gasteiger partial charge in [0.2, 0.25) is 5.91 Å². The summed E-state index contributed by atoms with van der Waals surface area (Å²) in [7, 11) is 0. The van der Waals surface area contributed by atoms with Crippen molar-refractivity contribution in [1.82, 2.24) is 10.2 Å². The average Bonchev–Trinajstić information content (AvgIpc) is 3.06. The summed E-state index contributed by atoms with van der Waals surface area (Å²) < 4.78 is 6.17. The highest BCUT2D eigenvalue weighted by Gasteiger charge is 2.53. The smallest absolute Gasteiger partial charge is 0.256 e. The van der Waals surface area contributed by atoms with Crippen molar-refractivity contribution in [3.05, 3.63) is 35.4 Å². The molecule has 1 N–H and O–H groups in total. The molecule has 0 aromatic heterocycles. The molecule has 0 radical (unpaired) electrons. The summed E-state index contributed by atoms with van der Waals surface area (Å²) in [5.74, 6) is -0.202. The number of ether oxygens (including phenoxy) is 1. The Kier molecular flexibility index (Phi) is 6.20. The van der Waals surface area contributed by atoms with Crippen LogP contribution in [-0.4, -0.2) is 41.1 Å². The van der Waals surface area contributed by atoms with Crippen molar-refractivity contribution in [1.29, 1.82) is 0 Å². The minimum atomic E-state index is -0.629. The first-order valence-electron chi connectivity index (χ1n) is 10.4. The fraction of sp³-hybridized carbons (Fsp3) is 0.636. The second-order valence-electron chi connectivity index (χ2n) is 7.88. The van der Waals surface area contributed by atoms with E-state index in [-0.39, 0.29) is 24.5 Å². The molecular weight excluding hydrogens is 340 g/mol. The van der Waals surface area contributed by atoms with Crippen LogP contribution in [0.15, 0.2) is 24.3 Å². The highest BCUT2D eigenvalue weighted by Crippen LogP contribution is 2.41. The van der Waals surface area contributed by atoms with Gasteiger partial charge in [-0.2, -0.15) is 0 Å². The van der Waals surface area contributed by atoms with Crippen LogP contribution in [0.25, 0.3) is 0 Å². The number of aryl methyl sites for hydroxylation is 1. The number of benzene rings is 1. The number of nitrogens with one attached hydrogen (secondary N) is 1. The number of carbonyl (C=O) groups is 2. The minimum Gasteiger partial charge on any atom is -0.353 e. The van der Waals surface area contributed by atoms with E-state index in [4.69, 9.17) is 4.74 Å². The third-order valence-corrected chi connectivity index (χ3v) is 6.03. The second-order valence-corrected chi connectivity index (χ2v) is 7.88. The van der Waals surface area contributed by atoms with Gasteiger partial charge in [0.15, 0.2) is 0 Å². The number of rotatable bonds is 5. The molecule has 1 aromatic carbocycles. The van der Waals surface area contributed by atoms with E-state index in [1.807, 2.05) is 38.1 Å². The van der Waals surface area contributed by atoms with Gasteiger partial charge in [-0.15, -0.1) is 0 Å². The van der Waals surface area contributed by atoms with Gasteiger partial charge in [-0.3, -0.25) is 14.5 Å². The summed E-state index contributed by atoms with van der Waals surface area (Å²) in [5, 5.41) is 3.04. The highest BCUT2D eigenvalue weighted by atomic mass is 16.5. The molecule has 5 heteroatoms. The van der Waals surface area contributed by atoms with E-state index in [2.05, 4.69) is 12.2 Å². The molecule has 1 spiro atoms. The lowest BCUT2D eigenvalue weighted by Crippen LogP contribution is -2.57. The third kappa shape index (κ3) is 4.03. The normalized spacial score (nSPS) is 22.6.